The van der Waals surface area contributed by atoms with Crippen LogP contribution in [-0.2, 0) is 11.2 Å². The van der Waals surface area contributed by atoms with Crippen LogP contribution in [0.2, 0.25) is 0 Å². The highest BCUT2D eigenvalue weighted by atomic mass is 19.1. The number of piperidine rings is 1. The van der Waals surface area contributed by atoms with Gasteiger partial charge in [0.1, 0.15) is 11.9 Å². The quantitative estimate of drug-likeness (QED) is 0.366. The van der Waals surface area contributed by atoms with E-state index in [0.29, 0.717) is 17.8 Å². The molecule has 1 aliphatic carbocycles. The summed E-state index contributed by atoms with van der Waals surface area (Å²) in [4.78, 5) is 17.3. The van der Waals surface area contributed by atoms with Crippen molar-refractivity contribution in [2.45, 2.75) is 76.7 Å². The lowest BCUT2D eigenvalue weighted by atomic mass is 9.80. The van der Waals surface area contributed by atoms with E-state index in [2.05, 4.69) is 41.0 Å². The maximum absolute atomic E-state index is 13.2. The lowest BCUT2D eigenvalue weighted by molar-refractivity contribution is -0.144. The molecule has 0 aromatic heterocycles. The van der Waals surface area contributed by atoms with E-state index < -0.39 is 5.97 Å². The molecule has 0 bridgehead atoms. The zero-order valence-electron chi connectivity index (χ0n) is 23.0. The number of halogens is 1. The Kier molecular flexibility index (Phi) is 9.16. The van der Waals surface area contributed by atoms with E-state index in [1.54, 1.807) is 12.1 Å². The van der Waals surface area contributed by atoms with Gasteiger partial charge in [-0.3, -0.25) is 9.69 Å². The molecule has 3 atom stereocenters. The fourth-order valence-electron chi connectivity index (χ4n) is 7.11. The van der Waals surface area contributed by atoms with Crippen LogP contribution in [0.4, 0.5) is 4.39 Å². The SMILES string of the molecule is Cc1cccc([C@H]2CN([C@H](CC3CCC3)C(=O)O)C[C@@H]2CN2CCC(CCCc3ccc(F)cc3)CC2)c1. The number of nitrogens with zero attached hydrogens (tertiary/aromatic N) is 2. The largest absolute Gasteiger partial charge is 0.480 e. The van der Waals surface area contributed by atoms with Crippen LogP contribution >= 0.6 is 0 Å². The maximum Gasteiger partial charge on any atom is 0.320 e. The number of hydrogen-bond donors (Lipinski definition) is 1. The van der Waals surface area contributed by atoms with Gasteiger partial charge >= 0.3 is 5.97 Å². The number of benzene rings is 2. The third-order valence-electron chi connectivity index (χ3n) is 9.64. The minimum atomic E-state index is -0.637. The third kappa shape index (κ3) is 7.04. The first-order chi connectivity index (χ1) is 18.4. The van der Waals surface area contributed by atoms with Crippen LogP contribution in [0, 0.1) is 30.5 Å². The van der Waals surface area contributed by atoms with Crippen LogP contribution in [0.5, 0.6) is 0 Å². The van der Waals surface area contributed by atoms with Gasteiger partial charge in [0.15, 0.2) is 0 Å². The van der Waals surface area contributed by atoms with Gasteiger partial charge in [0.05, 0.1) is 0 Å². The fraction of sp³-hybridized carbons (Fsp3) is 0.606. The molecule has 38 heavy (non-hydrogen) atoms. The first-order valence-electron chi connectivity index (χ1n) is 14.9. The number of aryl methyl sites for hydroxylation is 2. The number of carboxylic acids is 1. The van der Waals surface area contributed by atoms with Crippen LogP contribution in [-0.4, -0.2) is 59.6 Å². The Morgan fingerprint density at radius 1 is 1.03 bits per heavy atom. The monoisotopic (exact) mass is 520 g/mol. The molecule has 5 rings (SSSR count). The molecule has 4 nitrogen and oxygen atoms in total. The summed E-state index contributed by atoms with van der Waals surface area (Å²) in [6.45, 7) is 7.25. The summed E-state index contributed by atoms with van der Waals surface area (Å²) in [5, 5.41) is 10.1. The molecule has 206 valence electrons. The summed E-state index contributed by atoms with van der Waals surface area (Å²) in [6.07, 6.45) is 10.4. The van der Waals surface area contributed by atoms with E-state index in [-0.39, 0.29) is 11.9 Å². The van der Waals surface area contributed by atoms with Gasteiger partial charge in [-0.1, -0.05) is 67.6 Å². The van der Waals surface area contributed by atoms with Gasteiger partial charge in [-0.05, 0) is 93.1 Å². The van der Waals surface area contributed by atoms with E-state index in [1.807, 2.05) is 12.1 Å². The molecule has 2 saturated heterocycles. The van der Waals surface area contributed by atoms with E-state index >= 15 is 0 Å². The Morgan fingerprint density at radius 3 is 2.45 bits per heavy atom. The fourth-order valence-corrected chi connectivity index (χ4v) is 7.11. The van der Waals surface area contributed by atoms with Crippen molar-refractivity contribution in [1.82, 2.24) is 9.80 Å². The number of aliphatic carboxylic acids is 1. The maximum atomic E-state index is 13.2. The Balaban J connectivity index is 1.16. The van der Waals surface area contributed by atoms with Crippen LogP contribution in [0.1, 0.15) is 74.0 Å². The Morgan fingerprint density at radius 2 is 1.79 bits per heavy atom. The van der Waals surface area contributed by atoms with Crippen molar-refractivity contribution in [3.8, 4) is 0 Å². The highest BCUT2D eigenvalue weighted by Gasteiger charge is 2.41. The number of rotatable bonds is 11. The van der Waals surface area contributed by atoms with Crippen molar-refractivity contribution in [2.75, 3.05) is 32.7 Å². The zero-order valence-corrected chi connectivity index (χ0v) is 23.0. The number of carbonyl (C=O) groups is 1. The Hall–Kier alpha value is -2.24. The molecule has 2 aromatic carbocycles. The Bertz CT molecular complexity index is 1050. The minimum Gasteiger partial charge on any atom is -0.480 e. The summed E-state index contributed by atoms with van der Waals surface area (Å²) >= 11 is 0. The molecule has 2 aromatic rings. The van der Waals surface area contributed by atoms with Crippen molar-refractivity contribution >= 4 is 5.97 Å². The van der Waals surface area contributed by atoms with Crippen molar-refractivity contribution in [3.05, 3.63) is 71.0 Å². The molecule has 5 heteroatoms. The highest BCUT2D eigenvalue weighted by molar-refractivity contribution is 5.73. The molecular weight excluding hydrogens is 475 g/mol. The van der Waals surface area contributed by atoms with Gasteiger partial charge in [-0.25, -0.2) is 4.39 Å². The van der Waals surface area contributed by atoms with Gasteiger partial charge in [-0.15, -0.1) is 0 Å². The van der Waals surface area contributed by atoms with Crippen molar-refractivity contribution in [2.24, 2.45) is 17.8 Å². The summed E-state index contributed by atoms with van der Waals surface area (Å²) in [6, 6.07) is 15.5. The average molecular weight is 521 g/mol. The van der Waals surface area contributed by atoms with Crippen molar-refractivity contribution < 1.29 is 14.3 Å². The van der Waals surface area contributed by atoms with Gasteiger partial charge in [-0.2, -0.15) is 0 Å². The molecule has 3 aliphatic rings. The first-order valence-corrected chi connectivity index (χ1v) is 14.9. The lowest BCUT2D eigenvalue weighted by Crippen LogP contribution is -2.43. The second-order valence-corrected chi connectivity index (χ2v) is 12.4. The molecule has 1 N–H and O–H groups in total. The van der Waals surface area contributed by atoms with Crippen molar-refractivity contribution in [1.29, 1.82) is 0 Å². The molecule has 0 spiro atoms. The number of carboxylic acid groups (broad SMARTS) is 1. The highest BCUT2D eigenvalue weighted by Crippen LogP contribution is 2.38. The summed E-state index contributed by atoms with van der Waals surface area (Å²) in [7, 11) is 0. The molecule has 3 fully saturated rings. The van der Waals surface area contributed by atoms with Crippen LogP contribution in [0.3, 0.4) is 0 Å². The van der Waals surface area contributed by atoms with Gasteiger partial charge in [0, 0.05) is 25.6 Å². The van der Waals surface area contributed by atoms with E-state index in [0.717, 1.165) is 51.5 Å². The molecule has 2 heterocycles. The van der Waals surface area contributed by atoms with Crippen LogP contribution in [0.25, 0.3) is 0 Å². The molecular formula is C33H45FN2O2. The van der Waals surface area contributed by atoms with E-state index in [9.17, 15) is 14.3 Å². The second kappa shape index (κ2) is 12.7. The van der Waals surface area contributed by atoms with Crippen LogP contribution in [0.15, 0.2) is 48.5 Å². The van der Waals surface area contributed by atoms with Gasteiger partial charge < -0.3 is 10.0 Å². The summed E-state index contributed by atoms with van der Waals surface area (Å²) in [5.41, 5.74) is 3.89. The zero-order chi connectivity index (χ0) is 26.5. The number of likely N-dealkylation sites (tertiary alicyclic amines) is 2. The second-order valence-electron chi connectivity index (χ2n) is 12.4. The first kappa shape index (κ1) is 27.3. The molecule has 0 radical (unpaired) electrons. The van der Waals surface area contributed by atoms with Crippen molar-refractivity contribution in [3.63, 3.8) is 0 Å². The summed E-state index contributed by atoms with van der Waals surface area (Å²) in [5.74, 6) is 1.43. The molecule has 2 aliphatic heterocycles. The van der Waals surface area contributed by atoms with E-state index in [1.165, 1.54) is 61.6 Å². The molecule has 1 saturated carbocycles. The lowest BCUT2D eigenvalue weighted by Gasteiger charge is -2.35. The van der Waals surface area contributed by atoms with Gasteiger partial charge in [0.25, 0.3) is 0 Å². The number of hydrogen-bond acceptors (Lipinski definition) is 3. The smallest absolute Gasteiger partial charge is 0.320 e. The summed E-state index contributed by atoms with van der Waals surface area (Å²) < 4.78 is 13.2. The minimum absolute atomic E-state index is 0.159. The third-order valence-corrected chi connectivity index (χ3v) is 9.64. The molecule has 0 amide bonds. The van der Waals surface area contributed by atoms with Gasteiger partial charge in [0.2, 0.25) is 0 Å². The normalized spacial score (nSPS) is 24.4. The predicted octanol–water partition coefficient (Wildman–Crippen LogP) is 6.53. The van der Waals surface area contributed by atoms with E-state index in [4.69, 9.17) is 0 Å². The average Bonchev–Trinajstić information content (AvgIpc) is 3.28. The predicted molar refractivity (Wildman–Crippen MR) is 151 cm³/mol. The Labute approximate surface area is 228 Å². The van der Waals surface area contributed by atoms with Crippen LogP contribution < -0.4 is 0 Å². The topological polar surface area (TPSA) is 43.8 Å². The molecule has 0 unspecified atom stereocenters. The standard InChI is InChI=1S/C33H45FN2O2/c1-24-5-2-10-28(19-24)31-23-36(32(33(37)38)20-27-8-4-9-27)22-29(31)21-35-17-15-26(16-18-35)7-3-6-25-11-13-30(34)14-12-25/h2,5,10-14,19,26-27,29,31-32H,3-4,6-9,15-18,20-23H2,1H3,(H,37,38)/t29-,31+,32+/m0/s1.